The number of fused-ring (bicyclic) bond motifs is 2. The lowest BCUT2D eigenvalue weighted by Crippen LogP contribution is -2.61. The third-order valence-corrected chi connectivity index (χ3v) is 6.74. The third kappa shape index (κ3) is 2.25. The van der Waals surface area contributed by atoms with Crippen molar-refractivity contribution in [3.05, 3.63) is 0 Å². The van der Waals surface area contributed by atoms with Crippen molar-refractivity contribution < 1.29 is 4.74 Å². The first-order chi connectivity index (χ1) is 9.43. The number of hydrogen-bond acceptors (Lipinski definition) is 2. The quantitative estimate of drug-likeness (QED) is 0.785. The molecule has 3 aliphatic rings. The van der Waals surface area contributed by atoms with Crippen LogP contribution in [0.1, 0.15) is 52.9 Å². The van der Waals surface area contributed by atoms with Crippen LogP contribution < -0.4 is 10.6 Å². The maximum atomic E-state index is 5.64. The molecule has 3 nitrogen and oxygen atoms in total. The summed E-state index contributed by atoms with van der Waals surface area (Å²) in [5.74, 6) is 1.62. The first-order valence-electron chi connectivity index (χ1n) is 8.11. The predicted octanol–water partition coefficient (Wildman–Crippen LogP) is 2.84. The summed E-state index contributed by atoms with van der Waals surface area (Å²) in [6.45, 7) is 8.94. The topological polar surface area (TPSA) is 33.3 Å². The zero-order valence-corrected chi connectivity index (χ0v) is 13.8. The second-order valence-electron chi connectivity index (χ2n) is 7.60. The molecule has 2 bridgehead atoms. The largest absolute Gasteiger partial charge is 0.376 e. The van der Waals surface area contributed by atoms with Gasteiger partial charge in [-0.1, -0.05) is 13.8 Å². The van der Waals surface area contributed by atoms with Gasteiger partial charge in [0.25, 0.3) is 0 Å². The molecule has 0 aromatic carbocycles. The Hall–Kier alpha value is -0.350. The molecule has 2 aliphatic carbocycles. The molecule has 0 radical (unpaired) electrons. The molecule has 114 valence electrons. The van der Waals surface area contributed by atoms with Gasteiger partial charge in [0.05, 0.1) is 6.10 Å². The monoisotopic (exact) mass is 296 g/mol. The van der Waals surface area contributed by atoms with Gasteiger partial charge in [0.2, 0.25) is 0 Å². The van der Waals surface area contributed by atoms with Gasteiger partial charge in [0.15, 0.2) is 5.11 Å². The molecule has 3 rings (SSSR count). The number of rotatable bonds is 3. The van der Waals surface area contributed by atoms with Crippen molar-refractivity contribution in [3.63, 3.8) is 0 Å². The standard InChI is InChI=1S/C16H28N2OS/c1-15(2)11-6-7-12(9-11)16(15,3)18-14(20)17-10-13-5-4-8-19-13/h11-13H,4-10H2,1-3H3,(H2,17,18,20)/t11-,12-,13+,16-/m1/s1. The van der Waals surface area contributed by atoms with E-state index in [1.807, 2.05) is 0 Å². The number of ether oxygens (including phenoxy) is 1. The summed E-state index contributed by atoms with van der Waals surface area (Å²) in [6, 6.07) is 0. The van der Waals surface area contributed by atoms with Crippen LogP contribution in [0.25, 0.3) is 0 Å². The molecule has 2 N–H and O–H groups in total. The van der Waals surface area contributed by atoms with E-state index in [-0.39, 0.29) is 5.54 Å². The molecule has 3 fully saturated rings. The molecule has 20 heavy (non-hydrogen) atoms. The molecule has 0 unspecified atom stereocenters. The van der Waals surface area contributed by atoms with Crippen LogP contribution >= 0.6 is 12.2 Å². The SMILES string of the molecule is CC1(C)[C@@H]2CC[C@H](C2)[C@@]1(C)NC(=S)NC[C@@H]1CCCO1. The average Bonchev–Trinajstić information content (AvgIpc) is 3.09. The van der Waals surface area contributed by atoms with Crippen molar-refractivity contribution in [2.45, 2.75) is 64.5 Å². The maximum absolute atomic E-state index is 5.64. The Morgan fingerprint density at radius 3 is 2.55 bits per heavy atom. The van der Waals surface area contributed by atoms with Crippen LogP contribution in [-0.4, -0.2) is 29.9 Å². The molecule has 1 heterocycles. The van der Waals surface area contributed by atoms with Gasteiger partial charge in [-0.15, -0.1) is 0 Å². The maximum Gasteiger partial charge on any atom is 0.166 e. The zero-order chi connectivity index (χ0) is 14.4. The van der Waals surface area contributed by atoms with E-state index in [9.17, 15) is 0 Å². The summed E-state index contributed by atoms with van der Waals surface area (Å²) < 4.78 is 5.64. The lowest BCUT2D eigenvalue weighted by molar-refractivity contribution is 0.0823. The highest BCUT2D eigenvalue weighted by Crippen LogP contribution is 2.61. The lowest BCUT2D eigenvalue weighted by Gasteiger charge is -2.48. The second kappa shape index (κ2) is 5.13. The van der Waals surface area contributed by atoms with Gasteiger partial charge in [-0.05, 0) is 68.5 Å². The summed E-state index contributed by atoms with van der Waals surface area (Å²) in [7, 11) is 0. The Morgan fingerprint density at radius 1 is 1.20 bits per heavy atom. The average molecular weight is 296 g/mol. The molecule has 0 spiro atoms. The van der Waals surface area contributed by atoms with E-state index >= 15 is 0 Å². The smallest absolute Gasteiger partial charge is 0.166 e. The minimum atomic E-state index is 0.135. The highest BCUT2D eigenvalue weighted by molar-refractivity contribution is 7.80. The number of hydrogen-bond donors (Lipinski definition) is 2. The van der Waals surface area contributed by atoms with Gasteiger partial charge in [-0.25, -0.2) is 0 Å². The fourth-order valence-corrected chi connectivity index (χ4v) is 4.96. The highest BCUT2D eigenvalue weighted by atomic mass is 32.1. The normalized spacial score (nSPS) is 41.9. The van der Waals surface area contributed by atoms with E-state index in [2.05, 4.69) is 31.4 Å². The van der Waals surface area contributed by atoms with E-state index in [1.165, 1.54) is 25.7 Å². The molecule has 0 aromatic rings. The van der Waals surface area contributed by atoms with E-state index in [0.717, 1.165) is 36.5 Å². The van der Waals surface area contributed by atoms with Crippen molar-refractivity contribution >= 4 is 17.3 Å². The van der Waals surface area contributed by atoms with Gasteiger partial charge < -0.3 is 15.4 Å². The van der Waals surface area contributed by atoms with E-state index in [1.54, 1.807) is 0 Å². The lowest BCUT2D eigenvalue weighted by atomic mass is 9.64. The predicted molar refractivity (Wildman–Crippen MR) is 85.7 cm³/mol. The van der Waals surface area contributed by atoms with E-state index in [0.29, 0.717) is 11.5 Å². The van der Waals surface area contributed by atoms with Gasteiger partial charge in [-0.2, -0.15) is 0 Å². The van der Waals surface area contributed by atoms with Crippen LogP contribution in [0.2, 0.25) is 0 Å². The molecule has 2 saturated carbocycles. The van der Waals surface area contributed by atoms with Crippen LogP contribution in [0.5, 0.6) is 0 Å². The van der Waals surface area contributed by atoms with Crippen LogP contribution in [0.15, 0.2) is 0 Å². The molecule has 4 atom stereocenters. The highest BCUT2D eigenvalue weighted by Gasteiger charge is 2.60. The zero-order valence-electron chi connectivity index (χ0n) is 13.0. The van der Waals surface area contributed by atoms with Crippen molar-refractivity contribution in [3.8, 4) is 0 Å². The Morgan fingerprint density at radius 2 is 1.95 bits per heavy atom. The molecule has 0 amide bonds. The molecule has 1 aliphatic heterocycles. The summed E-state index contributed by atoms with van der Waals surface area (Å²) in [6.07, 6.45) is 6.79. The van der Waals surface area contributed by atoms with Crippen molar-refractivity contribution in [2.24, 2.45) is 17.3 Å². The van der Waals surface area contributed by atoms with Gasteiger partial charge in [-0.3, -0.25) is 0 Å². The second-order valence-corrected chi connectivity index (χ2v) is 8.01. The number of nitrogens with one attached hydrogen (secondary N) is 2. The van der Waals surface area contributed by atoms with E-state index < -0.39 is 0 Å². The van der Waals surface area contributed by atoms with Crippen molar-refractivity contribution in [1.29, 1.82) is 0 Å². The third-order valence-electron chi connectivity index (χ3n) is 6.50. The number of thiocarbonyl (C=S) groups is 1. The fraction of sp³-hybridized carbons (Fsp3) is 0.938. The Bertz CT molecular complexity index is 392. The van der Waals surface area contributed by atoms with Crippen molar-refractivity contribution in [2.75, 3.05) is 13.2 Å². The molecule has 0 aromatic heterocycles. The Kier molecular flexibility index (Phi) is 3.74. The summed E-state index contributed by atoms with van der Waals surface area (Å²) in [4.78, 5) is 0. The minimum absolute atomic E-state index is 0.135. The first-order valence-corrected chi connectivity index (χ1v) is 8.52. The fourth-order valence-electron chi connectivity index (χ4n) is 4.67. The Balaban J connectivity index is 1.57. The van der Waals surface area contributed by atoms with Crippen LogP contribution in [-0.2, 0) is 4.74 Å². The molecular weight excluding hydrogens is 268 g/mol. The summed E-state index contributed by atoms with van der Waals surface area (Å²) >= 11 is 5.54. The van der Waals surface area contributed by atoms with Gasteiger partial charge >= 0.3 is 0 Å². The summed E-state index contributed by atoms with van der Waals surface area (Å²) in [5.41, 5.74) is 0.460. The van der Waals surface area contributed by atoms with E-state index in [4.69, 9.17) is 17.0 Å². The van der Waals surface area contributed by atoms with Crippen LogP contribution in [0, 0.1) is 17.3 Å². The molecule has 4 heteroatoms. The van der Waals surface area contributed by atoms with Gasteiger partial charge in [0, 0.05) is 18.7 Å². The van der Waals surface area contributed by atoms with Crippen molar-refractivity contribution in [1.82, 2.24) is 10.6 Å². The van der Waals surface area contributed by atoms with Crippen LogP contribution in [0.4, 0.5) is 0 Å². The molecule has 1 saturated heterocycles. The molecular formula is C16H28N2OS. The Labute approximate surface area is 128 Å². The van der Waals surface area contributed by atoms with Crippen LogP contribution in [0.3, 0.4) is 0 Å². The van der Waals surface area contributed by atoms with Gasteiger partial charge in [0.1, 0.15) is 0 Å². The first kappa shape index (κ1) is 14.6. The summed E-state index contributed by atoms with van der Waals surface area (Å²) in [5, 5.41) is 7.84. The minimum Gasteiger partial charge on any atom is -0.376 e.